The molecule has 0 radical (unpaired) electrons. The zero-order valence-electron chi connectivity index (χ0n) is 17.1. The average molecular weight is 506 g/mol. The van der Waals surface area contributed by atoms with Crippen molar-refractivity contribution in [1.82, 2.24) is 10.6 Å². The van der Waals surface area contributed by atoms with Crippen LogP contribution in [0.5, 0.6) is 5.75 Å². The van der Waals surface area contributed by atoms with Crippen molar-refractivity contribution in [3.8, 4) is 5.75 Å². The van der Waals surface area contributed by atoms with Gasteiger partial charge in [0.1, 0.15) is 5.75 Å². The Balaban J connectivity index is 1.59. The monoisotopic (exact) mass is 505 g/mol. The van der Waals surface area contributed by atoms with E-state index in [2.05, 4.69) is 31.9 Å². The summed E-state index contributed by atoms with van der Waals surface area (Å²) in [6, 6.07) is 12.1. The van der Waals surface area contributed by atoms with Gasteiger partial charge in [0.25, 0.3) is 11.8 Å². The molecule has 2 aromatic rings. The fourth-order valence-electron chi connectivity index (χ4n) is 3.15. The number of carbonyl (C=O) groups excluding carboxylic acids is 2. The first kappa shape index (κ1) is 23.2. The standard InChI is InChI=1S/C22H24BrN3O4S/c1-2-29-19-9-8-15(23)12-18(19)21(28)26-22(31)25-16-6-3-5-14(11-16)20(27)24-13-17-7-4-10-30-17/h3,5-6,8-9,11-12,17H,2,4,7,10,13H2,1H3,(H,24,27)(H2,25,26,28,31). The van der Waals surface area contributed by atoms with Gasteiger partial charge < -0.3 is 20.1 Å². The van der Waals surface area contributed by atoms with Crippen LogP contribution in [0.15, 0.2) is 46.9 Å². The number of amides is 2. The summed E-state index contributed by atoms with van der Waals surface area (Å²) in [5, 5.41) is 8.59. The number of benzene rings is 2. The molecule has 2 aromatic carbocycles. The molecule has 9 heteroatoms. The van der Waals surface area contributed by atoms with Crippen molar-refractivity contribution in [2.24, 2.45) is 0 Å². The van der Waals surface area contributed by atoms with Crippen LogP contribution in [0.3, 0.4) is 0 Å². The Morgan fingerprint density at radius 1 is 1.23 bits per heavy atom. The van der Waals surface area contributed by atoms with Gasteiger partial charge in [0.05, 0.1) is 18.3 Å². The number of halogens is 1. The van der Waals surface area contributed by atoms with Crippen molar-refractivity contribution in [3.05, 3.63) is 58.1 Å². The lowest BCUT2D eigenvalue weighted by molar-refractivity contribution is 0.0857. The van der Waals surface area contributed by atoms with Crippen molar-refractivity contribution in [1.29, 1.82) is 0 Å². The zero-order chi connectivity index (χ0) is 22.2. The molecule has 1 aliphatic heterocycles. The molecule has 1 unspecified atom stereocenters. The van der Waals surface area contributed by atoms with Gasteiger partial charge in [-0.2, -0.15) is 0 Å². The van der Waals surface area contributed by atoms with Crippen LogP contribution in [0.2, 0.25) is 0 Å². The molecular formula is C22H24BrN3O4S. The molecule has 0 aromatic heterocycles. The molecule has 1 aliphatic rings. The van der Waals surface area contributed by atoms with E-state index in [0.717, 1.165) is 23.9 Å². The molecule has 1 heterocycles. The molecule has 3 rings (SSSR count). The highest BCUT2D eigenvalue weighted by molar-refractivity contribution is 9.10. The third kappa shape index (κ3) is 6.75. The third-order valence-corrected chi connectivity index (χ3v) is 5.31. The van der Waals surface area contributed by atoms with E-state index in [4.69, 9.17) is 21.7 Å². The summed E-state index contributed by atoms with van der Waals surface area (Å²) < 4.78 is 11.8. The lowest BCUT2D eigenvalue weighted by atomic mass is 10.1. The normalized spacial score (nSPS) is 15.2. The van der Waals surface area contributed by atoms with Gasteiger partial charge in [-0.25, -0.2) is 0 Å². The molecule has 1 atom stereocenters. The maximum absolute atomic E-state index is 12.7. The second-order valence-electron chi connectivity index (χ2n) is 6.91. The van der Waals surface area contributed by atoms with Crippen LogP contribution in [0.4, 0.5) is 5.69 Å². The summed E-state index contributed by atoms with van der Waals surface area (Å²) in [6.45, 7) is 3.51. The highest BCUT2D eigenvalue weighted by Gasteiger charge is 2.17. The van der Waals surface area contributed by atoms with Crippen molar-refractivity contribution >= 4 is 50.8 Å². The quantitative estimate of drug-likeness (QED) is 0.494. The Morgan fingerprint density at radius 3 is 2.81 bits per heavy atom. The van der Waals surface area contributed by atoms with Crippen molar-refractivity contribution in [2.45, 2.75) is 25.9 Å². The molecule has 31 heavy (non-hydrogen) atoms. The van der Waals surface area contributed by atoms with E-state index < -0.39 is 5.91 Å². The molecule has 7 nitrogen and oxygen atoms in total. The molecule has 0 bridgehead atoms. The minimum Gasteiger partial charge on any atom is -0.493 e. The van der Waals surface area contributed by atoms with E-state index in [1.54, 1.807) is 42.5 Å². The second-order valence-corrected chi connectivity index (χ2v) is 8.23. The largest absolute Gasteiger partial charge is 0.493 e. The zero-order valence-corrected chi connectivity index (χ0v) is 19.5. The Kier molecular flexibility index (Phi) is 8.39. The van der Waals surface area contributed by atoms with Gasteiger partial charge in [-0.3, -0.25) is 14.9 Å². The first-order chi connectivity index (χ1) is 15.0. The molecule has 0 aliphatic carbocycles. The maximum Gasteiger partial charge on any atom is 0.261 e. The van der Waals surface area contributed by atoms with Crippen LogP contribution in [0.1, 0.15) is 40.5 Å². The third-order valence-electron chi connectivity index (χ3n) is 4.61. The van der Waals surface area contributed by atoms with Gasteiger partial charge in [-0.15, -0.1) is 0 Å². The molecular weight excluding hydrogens is 482 g/mol. The summed E-state index contributed by atoms with van der Waals surface area (Å²) in [4.78, 5) is 25.1. The first-order valence-electron chi connectivity index (χ1n) is 10.0. The van der Waals surface area contributed by atoms with E-state index in [9.17, 15) is 9.59 Å². The van der Waals surface area contributed by atoms with Gasteiger partial charge in [-0.1, -0.05) is 22.0 Å². The van der Waals surface area contributed by atoms with Crippen LogP contribution < -0.4 is 20.7 Å². The highest BCUT2D eigenvalue weighted by Crippen LogP contribution is 2.23. The van der Waals surface area contributed by atoms with Crippen LogP contribution in [-0.2, 0) is 4.74 Å². The van der Waals surface area contributed by atoms with Gasteiger partial charge in [0.15, 0.2) is 5.11 Å². The minimum atomic E-state index is -0.396. The van der Waals surface area contributed by atoms with Gasteiger partial charge in [0, 0.05) is 28.9 Å². The Hall–Kier alpha value is -2.49. The molecule has 0 spiro atoms. The SMILES string of the molecule is CCOc1ccc(Br)cc1C(=O)NC(=S)Nc1cccc(C(=O)NCC2CCCO2)c1. The van der Waals surface area contributed by atoms with E-state index in [1.165, 1.54) is 0 Å². The van der Waals surface area contributed by atoms with Crippen LogP contribution in [0.25, 0.3) is 0 Å². The minimum absolute atomic E-state index is 0.0765. The molecule has 164 valence electrons. The molecule has 2 amide bonds. The molecule has 0 saturated carbocycles. The average Bonchev–Trinajstić information content (AvgIpc) is 3.27. The molecule has 1 fully saturated rings. The number of nitrogens with one attached hydrogen (secondary N) is 3. The van der Waals surface area contributed by atoms with Crippen LogP contribution >= 0.6 is 28.1 Å². The van der Waals surface area contributed by atoms with Crippen molar-refractivity contribution in [2.75, 3.05) is 25.1 Å². The fraction of sp³-hybridized carbons (Fsp3) is 0.318. The van der Waals surface area contributed by atoms with E-state index >= 15 is 0 Å². The lowest BCUT2D eigenvalue weighted by Crippen LogP contribution is -2.34. The number of anilines is 1. The summed E-state index contributed by atoms with van der Waals surface area (Å²) in [6.07, 6.45) is 2.06. The second kappa shape index (κ2) is 11.2. The van der Waals surface area contributed by atoms with Crippen molar-refractivity contribution < 1.29 is 19.1 Å². The Morgan fingerprint density at radius 2 is 2.06 bits per heavy atom. The highest BCUT2D eigenvalue weighted by atomic mass is 79.9. The predicted molar refractivity (Wildman–Crippen MR) is 127 cm³/mol. The van der Waals surface area contributed by atoms with Gasteiger partial charge in [0.2, 0.25) is 0 Å². The van der Waals surface area contributed by atoms with Gasteiger partial charge in [-0.05, 0) is 68.4 Å². The van der Waals surface area contributed by atoms with Crippen LogP contribution in [0, 0.1) is 0 Å². The summed E-state index contributed by atoms with van der Waals surface area (Å²) in [7, 11) is 0. The lowest BCUT2D eigenvalue weighted by Gasteiger charge is -2.14. The predicted octanol–water partition coefficient (Wildman–Crippen LogP) is 3.88. The van der Waals surface area contributed by atoms with Crippen molar-refractivity contribution in [3.63, 3.8) is 0 Å². The number of thiocarbonyl (C=S) groups is 1. The first-order valence-corrected chi connectivity index (χ1v) is 11.2. The molecule has 3 N–H and O–H groups in total. The summed E-state index contributed by atoms with van der Waals surface area (Å²) >= 11 is 8.63. The van der Waals surface area contributed by atoms with E-state index in [-0.39, 0.29) is 17.1 Å². The maximum atomic E-state index is 12.7. The number of hydrogen-bond donors (Lipinski definition) is 3. The number of hydrogen-bond acceptors (Lipinski definition) is 5. The summed E-state index contributed by atoms with van der Waals surface area (Å²) in [5.41, 5.74) is 1.44. The number of carbonyl (C=O) groups is 2. The van der Waals surface area contributed by atoms with Gasteiger partial charge >= 0.3 is 0 Å². The van der Waals surface area contributed by atoms with E-state index in [0.29, 0.717) is 35.7 Å². The fourth-order valence-corrected chi connectivity index (χ4v) is 3.72. The number of ether oxygens (including phenoxy) is 2. The topological polar surface area (TPSA) is 88.7 Å². The Bertz CT molecular complexity index is 964. The molecule has 1 saturated heterocycles. The smallest absolute Gasteiger partial charge is 0.261 e. The number of rotatable bonds is 7. The van der Waals surface area contributed by atoms with Crippen LogP contribution in [-0.4, -0.2) is 42.8 Å². The Labute approximate surface area is 195 Å². The summed E-state index contributed by atoms with van der Waals surface area (Å²) in [5.74, 6) is -0.117. The van der Waals surface area contributed by atoms with E-state index in [1.807, 2.05) is 6.92 Å².